The lowest BCUT2D eigenvalue weighted by molar-refractivity contribution is -0.120. The van der Waals surface area contributed by atoms with Gasteiger partial charge in [0.25, 0.3) is 0 Å². The number of benzene rings is 1. The predicted octanol–water partition coefficient (Wildman–Crippen LogP) is 3.76. The summed E-state index contributed by atoms with van der Waals surface area (Å²) in [6.07, 6.45) is 0.648. The summed E-state index contributed by atoms with van der Waals surface area (Å²) in [5, 5.41) is 1.32. The molecule has 0 N–H and O–H groups in total. The highest BCUT2D eigenvalue weighted by Gasteiger charge is 2.11. The van der Waals surface area contributed by atoms with Crippen LogP contribution in [0, 0.1) is 5.92 Å². The molecule has 3 heteroatoms. The van der Waals surface area contributed by atoms with E-state index in [0.717, 1.165) is 5.56 Å². The maximum atomic E-state index is 11.1. The van der Waals surface area contributed by atoms with Gasteiger partial charge < -0.3 is 0 Å². The molecule has 76 valence electrons. The summed E-state index contributed by atoms with van der Waals surface area (Å²) in [6, 6.07) is 5.31. The normalized spacial score (nSPS) is 12.6. The van der Waals surface area contributed by atoms with Crippen LogP contribution >= 0.6 is 23.2 Å². The second-order valence-electron chi connectivity index (χ2n) is 3.45. The van der Waals surface area contributed by atoms with Gasteiger partial charge in [-0.05, 0) is 37.1 Å². The van der Waals surface area contributed by atoms with Crippen LogP contribution in [0.3, 0.4) is 0 Å². The zero-order valence-electron chi connectivity index (χ0n) is 8.18. The Morgan fingerprint density at radius 2 is 2.07 bits per heavy atom. The Kier molecular flexibility index (Phi) is 3.97. The molecule has 1 atom stereocenters. The van der Waals surface area contributed by atoms with Crippen molar-refractivity contribution in [2.75, 3.05) is 0 Å². The van der Waals surface area contributed by atoms with Crippen LogP contribution in [0.4, 0.5) is 0 Å². The van der Waals surface area contributed by atoms with Crippen molar-refractivity contribution in [1.82, 2.24) is 0 Å². The molecule has 0 saturated heterocycles. The summed E-state index contributed by atoms with van der Waals surface area (Å²) in [5.74, 6) is 0.159. The Labute approximate surface area is 94.0 Å². The zero-order chi connectivity index (χ0) is 10.7. The minimum atomic E-state index is -0.00836. The lowest BCUT2D eigenvalue weighted by atomic mass is 9.98. The predicted molar refractivity (Wildman–Crippen MR) is 60.0 cm³/mol. The Balaban J connectivity index is 2.85. The van der Waals surface area contributed by atoms with Gasteiger partial charge in [0.05, 0.1) is 0 Å². The fraction of sp³-hybridized carbons (Fsp3) is 0.364. The Morgan fingerprint density at radius 3 is 2.64 bits per heavy atom. The van der Waals surface area contributed by atoms with E-state index >= 15 is 0 Å². The van der Waals surface area contributed by atoms with Gasteiger partial charge in [-0.2, -0.15) is 0 Å². The SMILES string of the molecule is CC(=O)C(C)Cc1cc(Cl)ccc1Cl. The smallest absolute Gasteiger partial charge is 0.132 e. The standard InChI is InChI=1S/C11H12Cl2O/c1-7(8(2)14)5-9-6-10(12)3-4-11(9)13/h3-4,6-7H,5H2,1-2H3. The largest absolute Gasteiger partial charge is 0.300 e. The summed E-state index contributed by atoms with van der Waals surface area (Å²) in [6.45, 7) is 3.47. The van der Waals surface area contributed by atoms with Gasteiger partial charge in [0.15, 0.2) is 0 Å². The summed E-state index contributed by atoms with van der Waals surface area (Å²) in [5.41, 5.74) is 0.932. The zero-order valence-corrected chi connectivity index (χ0v) is 9.69. The van der Waals surface area contributed by atoms with Gasteiger partial charge in [-0.3, -0.25) is 4.79 Å². The van der Waals surface area contributed by atoms with E-state index in [0.29, 0.717) is 16.5 Å². The number of hydrogen-bond donors (Lipinski definition) is 0. The van der Waals surface area contributed by atoms with Gasteiger partial charge in [0.2, 0.25) is 0 Å². The molecule has 0 amide bonds. The van der Waals surface area contributed by atoms with Gasteiger partial charge in [-0.25, -0.2) is 0 Å². The molecule has 1 aromatic carbocycles. The number of carbonyl (C=O) groups is 1. The first-order valence-electron chi connectivity index (χ1n) is 4.45. The highest BCUT2D eigenvalue weighted by atomic mass is 35.5. The summed E-state index contributed by atoms with van der Waals surface area (Å²) in [7, 11) is 0. The topological polar surface area (TPSA) is 17.1 Å². The van der Waals surface area contributed by atoms with Crippen LogP contribution in [-0.2, 0) is 11.2 Å². The van der Waals surface area contributed by atoms with Crippen molar-refractivity contribution in [2.45, 2.75) is 20.3 Å². The second-order valence-corrected chi connectivity index (χ2v) is 4.30. The molecule has 14 heavy (non-hydrogen) atoms. The van der Waals surface area contributed by atoms with Crippen LogP contribution in [0.1, 0.15) is 19.4 Å². The van der Waals surface area contributed by atoms with E-state index in [2.05, 4.69) is 0 Å². The molecule has 1 unspecified atom stereocenters. The van der Waals surface area contributed by atoms with E-state index in [9.17, 15) is 4.79 Å². The molecule has 0 aliphatic rings. The van der Waals surface area contributed by atoms with Crippen molar-refractivity contribution < 1.29 is 4.79 Å². The number of Topliss-reactive ketones (excluding diaryl/α,β-unsaturated/α-hetero) is 1. The maximum Gasteiger partial charge on any atom is 0.132 e. The van der Waals surface area contributed by atoms with Crippen molar-refractivity contribution in [3.8, 4) is 0 Å². The van der Waals surface area contributed by atoms with E-state index < -0.39 is 0 Å². The van der Waals surface area contributed by atoms with Crippen LogP contribution in [0.2, 0.25) is 10.0 Å². The Bertz CT molecular complexity index is 347. The molecule has 0 spiro atoms. The van der Waals surface area contributed by atoms with E-state index in [4.69, 9.17) is 23.2 Å². The van der Waals surface area contributed by atoms with Crippen LogP contribution in [-0.4, -0.2) is 5.78 Å². The molecule has 0 radical (unpaired) electrons. The third-order valence-corrected chi connectivity index (χ3v) is 2.83. The van der Waals surface area contributed by atoms with Crippen molar-refractivity contribution in [3.05, 3.63) is 33.8 Å². The molecule has 1 rings (SSSR count). The molecule has 0 fully saturated rings. The average molecular weight is 231 g/mol. The molecule has 0 bridgehead atoms. The number of rotatable bonds is 3. The quantitative estimate of drug-likeness (QED) is 0.773. The number of halogens is 2. The first-order valence-corrected chi connectivity index (χ1v) is 5.20. The van der Waals surface area contributed by atoms with Crippen molar-refractivity contribution in [2.24, 2.45) is 5.92 Å². The monoisotopic (exact) mass is 230 g/mol. The number of carbonyl (C=O) groups excluding carboxylic acids is 1. The Morgan fingerprint density at radius 1 is 1.43 bits per heavy atom. The van der Waals surface area contributed by atoms with E-state index in [1.165, 1.54) is 0 Å². The second kappa shape index (κ2) is 4.81. The first-order chi connectivity index (χ1) is 6.50. The van der Waals surface area contributed by atoms with Gasteiger partial charge in [-0.15, -0.1) is 0 Å². The minimum absolute atomic E-state index is 0.00836. The van der Waals surface area contributed by atoms with Gasteiger partial charge >= 0.3 is 0 Å². The number of ketones is 1. The minimum Gasteiger partial charge on any atom is -0.300 e. The highest BCUT2D eigenvalue weighted by Crippen LogP contribution is 2.23. The molecular weight excluding hydrogens is 219 g/mol. The molecular formula is C11H12Cl2O. The van der Waals surface area contributed by atoms with Crippen molar-refractivity contribution in [1.29, 1.82) is 0 Å². The van der Waals surface area contributed by atoms with E-state index in [1.54, 1.807) is 19.1 Å². The van der Waals surface area contributed by atoms with Crippen LogP contribution in [0.5, 0.6) is 0 Å². The van der Waals surface area contributed by atoms with Gasteiger partial charge in [-0.1, -0.05) is 30.1 Å². The third kappa shape index (κ3) is 3.00. The van der Waals surface area contributed by atoms with E-state index in [1.807, 2.05) is 13.0 Å². The van der Waals surface area contributed by atoms with Gasteiger partial charge in [0, 0.05) is 16.0 Å². The first kappa shape index (κ1) is 11.5. The maximum absolute atomic E-state index is 11.1. The lowest BCUT2D eigenvalue weighted by Crippen LogP contribution is -2.09. The molecule has 1 nitrogen and oxygen atoms in total. The molecule has 0 aliphatic carbocycles. The fourth-order valence-corrected chi connectivity index (χ4v) is 1.56. The Hall–Kier alpha value is -0.530. The van der Waals surface area contributed by atoms with Crippen molar-refractivity contribution >= 4 is 29.0 Å². The van der Waals surface area contributed by atoms with E-state index in [-0.39, 0.29) is 11.7 Å². The molecule has 0 aliphatic heterocycles. The third-order valence-electron chi connectivity index (χ3n) is 2.23. The lowest BCUT2D eigenvalue weighted by Gasteiger charge is -2.09. The van der Waals surface area contributed by atoms with Crippen LogP contribution < -0.4 is 0 Å². The molecule has 1 aromatic rings. The molecule has 0 aromatic heterocycles. The average Bonchev–Trinajstić information content (AvgIpc) is 2.11. The van der Waals surface area contributed by atoms with Crippen molar-refractivity contribution in [3.63, 3.8) is 0 Å². The van der Waals surface area contributed by atoms with Gasteiger partial charge in [0.1, 0.15) is 5.78 Å². The summed E-state index contributed by atoms with van der Waals surface area (Å²) in [4.78, 5) is 11.1. The van der Waals surface area contributed by atoms with Crippen LogP contribution in [0.15, 0.2) is 18.2 Å². The summed E-state index contributed by atoms with van der Waals surface area (Å²) < 4.78 is 0. The van der Waals surface area contributed by atoms with Crippen LogP contribution in [0.25, 0.3) is 0 Å². The molecule has 0 heterocycles. The summed E-state index contributed by atoms with van der Waals surface area (Å²) >= 11 is 11.8. The highest BCUT2D eigenvalue weighted by molar-refractivity contribution is 6.33. The number of hydrogen-bond acceptors (Lipinski definition) is 1. The fourth-order valence-electron chi connectivity index (χ4n) is 1.17. The molecule has 0 saturated carbocycles.